The molecule has 0 spiro atoms. The van der Waals surface area contributed by atoms with Gasteiger partial charge in [0.2, 0.25) is 0 Å². The third kappa shape index (κ3) is 4.54. The van der Waals surface area contributed by atoms with Crippen LogP contribution in [0.2, 0.25) is 5.02 Å². The molecule has 2 aromatic carbocycles. The Kier molecular flexibility index (Phi) is 6.06. The van der Waals surface area contributed by atoms with Crippen molar-refractivity contribution in [1.82, 2.24) is 0 Å². The number of aromatic carboxylic acids is 1. The highest BCUT2D eigenvalue weighted by Crippen LogP contribution is 2.44. The maximum absolute atomic E-state index is 13.4. The van der Waals surface area contributed by atoms with Crippen LogP contribution < -0.4 is 9.46 Å². The van der Waals surface area contributed by atoms with Gasteiger partial charge in [-0.15, -0.1) is 0 Å². The van der Waals surface area contributed by atoms with Crippen LogP contribution in [0.3, 0.4) is 0 Å². The van der Waals surface area contributed by atoms with E-state index in [0.29, 0.717) is 11.5 Å². The van der Waals surface area contributed by atoms with Crippen LogP contribution >= 0.6 is 11.6 Å². The molecule has 0 heterocycles. The first-order valence-corrected chi connectivity index (χ1v) is 12.4. The fraction of sp³-hybridized carbons (Fsp3) is 0.391. The lowest BCUT2D eigenvalue weighted by Gasteiger charge is -2.22. The fourth-order valence-electron chi connectivity index (χ4n) is 4.10. The van der Waals surface area contributed by atoms with Crippen LogP contribution in [0.15, 0.2) is 35.2 Å². The van der Waals surface area contributed by atoms with Gasteiger partial charge in [0.25, 0.3) is 10.0 Å². The fourth-order valence-corrected chi connectivity index (χ4v) is 5.68. The van der Waals surface area contributed by atoms with E-state index in [4.69, 9.17) is 16.3 Å². The topological polar surface area (TPSA) is 116 Å². The first-order valence-electron chi connectivity index (χ1n) is 10.5. The highest BCUT2D eigenvalue weighted by molar-refractivity contribution is 7.92. The van der Waals surface area contributed by atoms with E-state index in [1.165, 1.54) is 24.3 Å². The van der Waals surface area contributed by atoms with E-state index in [-0.39, 0.29) is 44.5 Å². The van der Waals surface area contributed by atoms with Crippen LogP contribution in [-0.2, 0) is 10.0 Å². The van der Waals surface area contributed by atoms with Crippen LogP contribution in [0.25, 0.3) is 0 Å². The van der Waals surface area contributed by atoms with Crippen LogP contribution in [0, 0.1) is 17.2 Å². The van der Waals surface area contributed by atoms with Gasteiger partial charge in [0.1, 0.15) is 17.9 Å². The van der Waals surface area contributed by atoms with Crippen LogP contribution in [0.5, 0.6) is 5.75 Å². The minimum Gasteiger partial charge on any atom is -0.488 e. The molecule has 2 N–H and O–H groups in total. The van der Waals surface area contributed by atoms with Crippen LogP contribution in [-0.4, -0.2) is 25.6 Å². The minimum atomic E-state index is -4.16. The summed E-state index contributed by atoms with van der Waals surface area (Å²) in [5.74, 6) is -0.568. The van der Waals surface area contributed by atoms with Crippen LogP contribution in [0.1, 0.15) is 66.4 Å². The van der Waals surface area contributed by atoms with Gasteiger partial charge in [0.05, 0.1) is 26.7 Å². The number of nitrogens with zero attached hydrogens (tertiary/aromatic N) is 1. The van der Waals surface area contributed by atoms with Gasteiger partial charge in [-0.2, -0.15) is 5.26 Å². The van der Waals surface area contributed by atoms with Gasteiger partial charge in [-0.05, 0) is 67.7 Å². The Morgan fingerprint density at radius 3 is 2.56 bits per heavy atom. The van der Waals surface area contributed by atoms with Gasteiger partial charge in [-0.25, -0.2) is 13.2 Å². The van der Waals surface area contributed by atoms with Crippen molar-refractivity contribution in [2.24, 2.45) is 5.92 Å². The summed E-state index contributed by atoms with van der Waals surface area (Å²) in [6.45, 7) is 2.08. The van der Waals surface area contributed by atoms with E-state index in [2.05, 4.69) is 11.6 Å². The van der Waals surface area contributed by atoms with Crippen molar-refractivity contribution in [3.8, 4) is 11.8 Å². The second kappa shape index (κ2) is 8.64. The van der Waals surface area contributed by atoms with Gasteiger partial charge in [-0.1, -0.05) is 24.6 Å². The number of anilines is 1. The van der Waals surface area contributed by atoms with Crippen molar-refractivity contribution in [2.45, 2.75) is 55.9 Å². The van der Waals surface area contributed by atoms with Crippen LogP contribution in [0.4, 0.5) is 5.69 Å². The molecule has 168 valence electrons. The Balaban J connectivity index is 1.75. The molecule has 32 heavy (non-hydrogen) atoms. The maximum atomic E-state index is 13.4. The van der Waals surface area contributed by atoms with E-state index >= 15 is 0 Å². The lowest BCUT2D eigenvalue weighted by atomic mass is 10.1. The lowest BCUT2D eigenvalue weighted by Crippen LogP contribution is -2.21. The molecule has 0 aliphatic heterocycles. The summed E-state index contributed by atoms with van der Waals surface area (Å²) in [5.41, 5.74) is 0.689. The molecule has 2 unspecified atom stereocenters. The van der Waals surface area contributed by atoms with Crippen molar-refractivity contribution in [3.63, 3.8) is 0 Å². The van der Waals surface area contributed by atoms with Crippen molar-refractivity contribution in [1.29, 1.82) is 5.26 Å². The number of carboxylic acid groups (broad SMARTS) is 1. The first kappa shape index (κ1) is 22.4. The number of hydrogen-bond donors (Lipinski definition) is 2. The maximum Gasteiger partial charge on any atom is 0.335 e. The summed E-state index contributed by atoms with van der Waals surface area (Å²) in [6.07, 6.45) is 4.49. The molecular formula is C23H23ClN2O5S. The monoisotopic (exact) mass is 474 g/mol. The summed E-state index contributed by atoms with van der Waals surface area (Å²) in [7, 11) is -4.16. The number of nitrogens with one attached hydrogen (secondary N) is 1. The molecule has 9 heteroatoms. The second-order valence-corrected chi connectivity index (χ2v) is 10.5. The number of ether oxygens (including phenoxy) is 1. The molecular weight excluding hydrogens is 452 g/mol. The predicted molar refractivity (Wildman–Crippen MR) is 120 cm³/mol. The molecule has 0 bridgehead atoms. The third-order valence-electron chi connectivity index (χ3n) is 6.06. The second-order valence-electron chi connectivity index (χ2n) is 8.44. The van der Waals surface area contributed by atoms with E-state index in [1.807, 2.05) is 6.07 Å². The van der Waals surface area contributed by atoms with Gasteiger partial charge < -0.3 is 9.84 Å². The van der Waals surface area contributed by atoms with E-state index < -0.39 is 16.0 Å². The summed E-state index contributed by atoms with van der Waals surface area (Å²) >= 11 is 6.20. The van der Waals surface area contributed by atoms with E-state index in [9.17, 15) is 23.6 Å². The minimum absolute atomic E-state index is 0.0754. The molecule has 2 atom stereocenters. The summed E-state index contributed by atoms with van der Waals surface area (Å²) in [5, 5.41) is 18.9. The molecule has 0 saturated heterocycles. The highest BCUT2D eigenvalue weighted by atomic mass is 35.5. The van der Waals surface area contributed by atoms with Gasteiger partial charge in [0, 0.05) is 6.07 Å². The number of rotatable bonds is 7. The van der Waals surface area contributed by atoms with Crippen molar-refractivity contribution in [3.05, 3.63) is 52.0 Å². The van der Waals surface area contributed by atoms with Gasteiger partial charge in [-0.3, -0.25) is 4.72 Å². The average molecular weight is 475 g/mol. The van der Waals surface area contributed by atoms with Crippen molar-refractivity contribution in [2.75, 3.05) is 4.72 Å². The van der Waals surface area contributed by atoms with E-state index in [1.54, 1.807) is 6.07 Å². The van der Waals surface area contributed by atoms with E-state index in [0.717, 1.165) is 32.1 Å². The third-order valence-corrected chi connectivity index (χ3v) is 7.80. The first-order chi connectivity index (χ1) is 15.2. The molecule has 2 fully saturated rings. The quantitative estimate of drug-likeness (QED) is 0.572. The van der Waals surface area contributed by atoms with Gasteiger partial charge >= 0.3 is 5.97 Å². The molecule has 4 rings (SSSR count). The Morgan fingerprint density at radius 1 is 1.22 bits per heavy atom. The standard InChI is InChI=1S/C23H23ClN2O5S/c1-13-3-2-4-20(13)31-21-11-18(24)16(12-25)9-19(21)26-32(29,30)22-10-15(23(27)28)7-8-17(22)14-5-6-14/h7-11,13-14,20,26H,2-6H2,1H3,(H,27,28). The Bertz CT molecular complexity index is 1220. The Hall–Kier alpha value is -2.76. The van der Waals surface area contributed by atoms with Gasteiger partial charge in [0.15, 0.2) is 0 Å². The molecule has 7 nitrogen and oxygen atoms in total. The molecule has 0 aromatic heterocycles. The largest absolute Gasteiger partial charge is 0.488 e. The lowest BCUT2D eigenvalue weighted by molar-refractivity contribution is 0.0696. The number of benzene rings is 2. The summed E-state index contributed by atoms with van der Waals surface area (Å²) in [6, 6.07) is 8.93. The summed E-state index contributed by atoms with van der Waals surface area (Å²) in [4.78, 5) is 11.4. The smallest absolute Gasteiger partial charge is 0.335 e. The number of halogens is 1. The Labute approximate surface area is 192 Å². The normalized spacial score (nSPS) is 20.5. The number of sulfonamides is 1. The zero-order chi connectivity index (χ0) is 23.0. The predicted octanol–water partition coefficient (Wildman–Crippen LogP) is 5.16. The number of hydrogen-bond acceptors (Lipinski definition) is 5. The van der Waals surface area contributed by atoms with Crippen molar-refractivity contribution < 1.29 is 23.1 Å². The summed E-state index contributed by atoms with van der Waals surface area (Å²) < 4.78 is 35.4. The number of carboxylic acids is 1. The molecule has 2 saturated carbocycles. The Morgan fingerprint density at radius 2 is 1.97 bits per heavy atom. The van der Waals surface area contributed by atoms with Crippen molar-refractivity contribution >= 4 is 33.3 Å². The SMILES string of the molecule is CC1CCCC1Oc1cc(Cl)c(C#N)cc1NS(=O)(=O)c1cc(C(=O)O)ccc1C1CC1. The average Bonchev–Trinajstić information content (AvgIpc) is 3.52. The molecule has 2 aromatic rings. The molecule has 0 amide bonds. The molecule has 2 aliphatic rings. The number of nitriles is 1. The number of carbonyl (C=O) groups is 1. The zero-order valence-electron chi connectivity index (χ0n) is 17.5. The molecule has 0 radical (unpaired) electrons. The molecule has 2 aliphatic carbocycles. The highest BCUT2D eigenvalue weighted by Gasteiger charge is 2.32. The zero-order valence-corrected chi connectivity index (χ0v) is 19.0.